The van der Waals surface area contributed by atoms with Crippen molar-refractivity contribution in [2.24, 2.45) is 0 Å². The number of carbonyl (C=O) groups is 2. The first-order valence-corrected chi connectivity index (χ1v) is 12.1. The van der Waals surface area contributed by atoms with E-state index < -0.39 is 82.4 Å². The van der Waals surface area contributed by atoms with Crippen molar-refractivity contribution in [2.45, 2.75) is 62.8 Å². The minimum Gasteiger partial charge on any atom is -0.467 e. The van der Waals surface area contributed by atoms with Crippen LogP contribution in [0.5, 0.6) is 0 Å². The second-order valence-electron chi connectivity index (χ2n) is 9.24. The predicted molar refractivity (Wildman–Crippen MR) is 125 cm³/mol. The minimum atomic E-state index is -5.37. The number of esters is 1. The molecular weight excluding hydrogens is 577 g/mol. The maximum absolute atomic E-state index is 13.7. The Balaban J connectivity index is 2.43. The molecule has 0 radical (unpaired) electrons. The molecule has 0 spiro atoms. The minimum absolute atomic E-state index is 0.0451. The Hall–Kier alpha value is -3.49. The number of fused-ring (bicyclic) bond motifs is 1. The highest BCUT2D eigenvalue weighted by atomic mass is 19.4. The largest absolute Gasteiger partial charge is 0.467 e. The Labute approximate surface area is 227 Å². The van der Waals surface area contributed by atoms with Gasteiger partial charge in [0, 0.05) is 12.0 Å². The molecule has 1 N–H and O–H groups in total. The van der Waals surface area contributed by atoms with Gasteiger partial charge in [-0.25, -0.2) is 9.59 Å². The third-order valence-electron chi connectivity index (χ3n) is 6.83. The number of nitrogens with zero attached hydrogens (tertiary/aromatic N) is 1. The van der Waals surface area contributed by atoms with Gasteiger partial charge in [0.2, 0.25) is 0 Å². The molecule has 1 amide bonds. The van der Waals surface area contributed by atoms with Gasteiger partial charge in [0.1, 0.15) is 0 Å². The maximum Gasteiger partial charge on any atom is 0.416 e. The lowest BCUT2D eigenvalue weighted by molar-refractivity contribution is -0.168. The van der Waals surface area contributed by atoms with Gasteiger partial charge in [0.05, 0.1) is 36.1 Å². The molecule has 6 nitrogen and oxygen atoms in total. The Morgan fingerprint density at radius 3 is 1.80 bits per heavy atom. The first kappa shape index (κ1) is 32.0. The molecule has 0 aromatic heterocycles. The zero-order chi connectivity index (χ0) is 31.1. The number of amides is 1. The number of hydrogen-bond donors (Lipinski definition) is 1. The number of benzene rings is 2. The molecule has 226 valence electrons. The van der Waals surface area contributed by atoms with Gasteiger partial charge in [-0.2, -0.15) is 39.5 Å². The standard InChI is InChI=1S/C26H24F9NO5/c1-4-17-12-19(18-11-13(24(27,28)29)6-7-20(18)36(17)22(38)41-5-2)23(39,21(37)40-3)14-8-15(25(30,31)32)10-16(9-14)26(33,34)35/h6-11,17,19,39H,4-5,12H2,1-3H3/t17-,19-,23-/m1/s1. The Bertz CT molecular complexity index is 1270. The molecule has 3 rings (SSSR count). The summed E-state index contributed by atoms with van der Waals surface area (Å²) in [5.41, 5.74) is -10.5. The number of methoxy groups -OCH3 is 1. The lowest BCUT2D eigenvalue weighted by Crippen LogP contribution is -2.51. The van der Waals surface area contributed by atoms with Crippen LogP contribution in [0.4, 0.5) is 50.0 Å². The third kappa shape index (κ3) is 6.09. The van der Waals surface area contributed by atoms with Crippen molar-refractivity contribution in [1.82, 2.24) is 0 Å². The van der Waals surface area contributed by atoms with Crippen molar-refractivity contribution in [1.29, 1.82) is 0 Å². The van der Waals surface area contributed by atoms with E-state index in [2.05, 4.69) is 4.74 Å². The van der Waals surface area contributed by atoms with Crippen molar-refractivity contribution < 1.29 is 63.7 Å². The van der Waals surface area contributed by atoms with Crippen LogP contribution in [0, 0.1) is 0 Å². The van der Waals surface area contributed by atoms with Crippen molar-refractivity contribution >= 4 is 17.7 Å². The second kappa shape index (κ2) is 11.1. The molecule has 0 bridgehead atoms. The Morgan fingerprint density at radius 1 is 0.854 bits per heavy atom. The van der Waals surface area contributed by atoms with E-state index >= 15 is 0 Å². The van der Waals surface area contributed by atoms with E-state index in [9.17, 15) is 54.2 Å². The molecule has 0 unspecified atom stereocenters. The Morgan fingerprint density at radius 2 is 1.37 bits per heavy atom. The molecule has 1 aliphatic heterocycles. The quantitative estimate of drug-likeness (QED) is 0.294. The number of alkyl halides is 9. The Kier molecular flexibility index (Phi) is 8.64. The molecule has 0 fully saturated rings. The van der Waals surface area contributed by atoms with E-state index in [0.29, 0.717) is 19.2 Å². The van der Waals surface area contributed by atoms with Gasteiger partial charge in [-0.3, -0.25) is 4.90 Å². The average Bonchev–Trinajstić information content (AvgIpc) is 2.89. The number of halogens is 9. The lowest BCUT2D eigenvalue weighted by atomic mass is 9.70. The third-order valence-corrected chi connectivity index (χ3v) is 6.83. The van der Waals surface area contributed by atoms with E-state index in [-0.39, 0.29) is 36.9 Å². The van der Waals surface area contributed by atoms with Crippen molar-refractivity contribution in [3.8, 4) is 0 Å². The molecule has 0 aliphatic carbocycles. The van der Waals surface area contributed by atoms with Crippen LogP contribution in [-0.4, -0.2) is 36.9 Å². The molecule has 1 heterocycles. The van der Waals surface area contributed by atoms with Gasteiger partial charge in [0.15, 0.2) is 5.60 Å². The van der Waals surface area contributed by atoms with E-state index in [4.69, 9.17) is 4.74 Å². The van der Waals surface area contributed by atoms with E-state index in [1.165, 1.54) is 13.8 Å². The van der Waals surface area contributed by atoms with Crippen molar-refractivity contribution in [3.63, 3.8) is 0 Å². The molecule has 2 aromatic carbocycles. The summed E-state index contributed by atoms with van der Waals surface area (Å²) in [5, 5.41) is 11.8. The summed E-state index contributed by atoms with van der Waals surface area (Å²) >= 11 is 0. The highest BCUT2D eigenvalue weighted by Gasteiger charge is 2.54. The smallest absolute Gasteiger partial charge is 0.416 e. The lowest BCUT2D eigenvalue weighted by Gasteiger charge is -2.45. The van der Waals surface area contributed by atoms with Crippen LogP contribution in [0.2, 0.25) is 0 Å². The monoisotopic (exact) mass is 601 g/mol. The van der Waals surface area contributed by atoms with Crippen LogP contribution >= 0.6 is 0 Å². The van der Waals surface area contributed by atoms with Crippen LogP contribution in [0.3, 0.4) is 0 Å². The van der Waals surface area contributed by atoms with Crippen molar-refractivity contribution in [2.75, 3.05) is 18.6 Å². The molecular formula is C26H24F9NO5. The summed E-state index contributed by atoms with van der Waals surface area (Å²) in [4.78, 5) is 26.9. The molecule has 3 atom stereocenters. The summed E-state index contributed by atoms with van der Waals surface area (Å²) in [6.07, 6.45) is -17.2. The van der Waals surface area contributed by atoms with Gasteiger partial charge in [-0.05, 0) is 67.3 Å². The SMILES string of the molecule is CCOC(=O)N1c2ccc(C(F)(F)F)cc2[C@H]([C@@](O)(C(=O)OC)c2cc(C(F)(F)F)cc(C(F)(F)F)c2)C[C@H]1CC. The highest BCUT2D eigenvalue weighted by Crippen LogP contribution is 2.52. The van der Waals surface area contributed by atoms with Crippen LogP contribution in [0.15, 0.2) is 36.4 Å². The van der Waals surface area contributed by atoms with Gasteiger partial charge in [-0.1, -0.05) is 6.92 Å². The number of anilines is 1. The fraction of sp³-hybridized carbons (Fsp3) is 0.462. The summed E-state index contributed by atoms with van der Waals surface area (Å²) in [6.45, 7) is 2.86. The number of rotatable bonds is 5. The summed E-state index contributed by atoms with van der Waals surface area (Å²) in [5.74, 6) is -3.62. The number of ether oxygens (including phenoxy) is 2. The normalized spacial score (nSPS) is 19.3. The van der Waals surface area contributed by atoms with Gasteiger partial charge < -0.3 is 14.6 Å². The summed E-state index contributed by atoms with van der Waals surface area (Å²) < 4.78 is 133. The predicted octanol–water partition coefficient (Wildman–Crippen LogP) is 7.03. The fourth-order valence-electron chi connectivity index (χ4n) is 4.91. The average molecular weight is 601 g/mol. The van der Waals surface area contributed by atoms with Gasteiger partial charge in [-0.15, -0.1) is 0 Å². The second-order valence-corrected chi connectivity index (χ2v) is 9.24. The first-order chi connectivity index (χ1) is 18.8. The first-order valence-electron chi connectivity index (χ1n) is 12.1. The van der Waals surface area contributed by atoms with E-state index in [1.54, 1.807) is 0 Å². The number of hydrogen-bond acceptors (Lipinski definition) is 5. The zero-order valence-electron chi connectivity index (χ0n) is 21.7. The van der Waals surface area contributed by atoms with E-state index in [1.807, 2.05) is 0 Å². The molecule has 1 aliphatic rings. The zero-order valence-corrected chi connectivity index (χ0v) is 21.7. The van der Waals surface area contributed by atoms with Crippen LogP contribution < -0.4 is 4.90 Å². The maximum atomic E-state index is 13.7. The van der Waals surface area contributed by atoms with E-state index in [0.717, 1.165) is 11.0 Å². The van der Waals surface area contributed by atoms with Crippen LogP contribution in [0.25, 0.3) is 0 Å². The molecule has 41 heavy (non-hydrogen) atoms. The van der Waals surface area contributed by atoms with Crippen molar-refractivity contribution in [3.05, 3.63) is 64.2 Å². The fourth-order valence-corrected chi connectivity index (χ4v) is 4.91. The highest BCUT2D eigenvalue weighted by molar-refractivity contribution is 5.92. The number of aliphatic hydroxyl groups is 1. The molecule has 15 heteroatoms. The van der Waals surface area contributed by atoms with Gasteiger partial charge in [0.25, 0.3) is 0 Å². The summed E-state index contributed by atoms with van der Waals surface area (Å²) in [7, 11) is 0.698. The molecule has 0 saturated heterocycles. The number of carbonyl (C=O) groups excluding carboxylic acids is 2. The summed E-state index contributed by atoms with van der Waals surface area (Å²) in [6, 6.07) is 0.917. The topological polar surface area (TPSA) is 76.1 Å². The van der Waals surface area contributed by atoms with Gasteiger partial charge >= 0.3 is 30.6 Å². The molecule has 0 saturated carbocycles. The van der Waals surface area contributed by atoms with Crippen LogP contribution in [0.1, 0.15) is 60.4 Å². The molecule has 2 aromatic rings. The van der Waals surface area contributed by atoms with Crippen LogP contribution in [-0.2, 0) is 38.4 Å².